The smallest absolute Gasteiger partial charge is 0.323 e. The minimum Gasteiger partial charge on any atom is -0.480 e. The first-order valence-corrected chi connectivity index (χ1v) is 6.67. The quantitative estimate of drug-likeness (QED) is 0.760. The van der Waals surface area contributed by atoms with Gasteiger partial charge in [0.2, 0.25) is 0 Å². The topological polar surface area (TPSA) is 84.6 Å². The molecule has 0 saturated heterocycles. The molecule has 19 heavy (non-hydrogen) atoms. The molecule has 0 heterocycles. The second-order valence-electron chi connectivity index (χ2n) is 4.89. The summed E-state index contributed by atoms with van der Waals surface area (Å²) in [6.45, 7) is 3.86. The third-order valence-electron chi connectivity index (χ3n) is 3.37. The van der Waals surface area contributed by atoms with Gasteiger partial charge in [-0.2, -0.15) is 5.26 Å². The molecule has 1 rings (SSSR count). The maximum atomic E-state index is 12.4. The average Bonchev–Trinajstić information content (AvgIpc) is 3.19. The van der Waals surface area contributed by atoms with Gasteiger partial charge < -0.3 is 14.9 Å². The molecule has 1 N–H and O–H groups in total. The van der Waals surface area contributed by atoms with Gasteiger partial charge in [-0.1, -0.05) is 6.92 Å². The van der Waals surface area contributed by atoms with Gasteiger partial charge in [-0.15, -0.1) is 0 Å². The maximum Gasteiger partial charge on any atom is 0.323 e. The fraction of sp³-hybridized carbons (Fsp3) is 0.769. The van der Waals surface area contributed by atoms with Crippen LogP contribution < -0.4 is 0 Å². The largest absolute Gasteiger partial charge is 0.480 e. The lowest BCUT2D eigenvalue weighted by molar-refractivity contribution is -0.138. The lowest BCUT2D eigenvalue weighted by atomic mass is 10.2. The Hall–Kier alpha value is -1.77. The average molecular weight is 267 g/mol. The first-order chi connectivity index (χ1) is 9.01. The summed E-state index contributed by atoms with van der Waals surface area (Å²) < 4.78 is 0. The number of carbonyl (C=O) groups excluding carboxylic acids is 1. The molecule has 1 aliphatic carbocycles. The van der Waals surface area contributed by atoms with Crippen molar-refractivity contribution < 1.29 is 14.7 Å². The molecule has 6 nitrogen and oxygen atoms in total. The predicted octanol–water partition coefficient (Wildman–Crippen LogP) is 1.67. The third-order valence-corrected chi connectivity index (χ3v) is 3.37. The van der Waals surface area contributed by atoms with Crippen LogP contribution in [0.1, 0.15) is 39.5 Å². The van der Waals surface area contributed by atoms with Gasteiger partial charge in [0.15, 0.2) is 0 Å². The van der Waals surface area contributed by atoms with Gasteiger partial charge in [-0.05, 0) is 26.2 Å². The Labute approximate surface area is 113 Å². The van der Waals surface area contributed by atoms with Gasteiger partial charge in [0, 0.05) is 18.6 Å². The van der Waals surface area contributed by atoms with E-state index in [1.165, 1.54) is 4.90 Å². The first kappa shape index (κ1) is 15.3. The van der Waals surface area contributed by atoms with Crippen molar-refractivity contribution >= 4 is 12.0 Å². The molecular weight excluding hydrogens is 246 g/mol. The number of carboxylic acid groups (broad SMARTS) is 1. The standard InChI is InChI=1S/C13H21N3O3/c1-3-10(2)16(9-12(17)18)13(19)15(8-4-7-14)11-5-6-11/h10-11H,3-6,8-9H2,1-2H3,(H,17,18). The highest BCUT2D eigenvalue weighted by molar-refractivity contribution is 5.81. The number of urea groups is 1. The number of carbonyl (C=O) groups is 2. The summed E-state index contributed by atoms with van der Waals surface area (Å²) >= 11 is 0. The third kappa shape index (κ3) is 4.43. The molecule has 1 unspecified atom stereocenters. The van der Waals surface area contributed by atoms with Crippen LogP contribution in [-0.4, -0.2) is 52.1 Å². The van der Waals surface area contributed by atoms with Crippen LogP contribution in [0.4, 0.5) is 4.79 Å². The minimum atomic E-state index is -1.01. The monoisotopic (exact) mass is 267 g/mol. The molecule has 1 atom stereocenters. The van der Waals surface area contributed by atoms with Crippen LogP contribution in [0.15, 0.2) is 0 Å². The summed E-state index contributed by atoms with van der Waals surface area (Å²) in [6.07, 6.45) is 2.87. The van der Waals surface area contributed by atoms with E-state index in [1.54, 1.807) is 4.90 Å². The van der Waals surface area contributed by atoms with E-state index in [1.807, 2.05) is 19.9 Å². The fourth-order valence-corrected chi connectivity index (χ4v) is 1.93. The number of hydrogen-bond donors (Lipinski definition) is 1. The van der Waals surface area contributed by atoms with E-state index in [0.29, 0.717) is 13.0 Å². The molecular formula is C13H21N3O3. The highest BCUT2D eigenvalue weighted by atomic mass is 16.4. The summed E-state index contributed by atoms with van der Waals surface area (Å²) in [5, 5.41) is 17.6. The number of aliphatic carboxylic acids is 1. The van der Waals surface area contributed by atoms with Crippen molar-refractivity contribution in [2.75, 3.05) is 13.1 Å². The zero-order valence-electron chi connectivity index (χ0n) is 11.5. The van der Waals surface area contributed by atoms with Crippen molar-refractivity contribution in [3.05, 3.63) is 0 Å². The van der Waals surface area contributed by atoms with Crippen molar-refractivity contribution in [3.63, 3.8) is 0 Å². The van der Waals surface area contributed by atoms with E-state index in [2.05, 4.69) is 0 Å². The van der Waals surface area contributed by atoms with Gasteiger partial charge in [0.1, 0.15) is 6.54 Å². The highest BCUT2D eigenvalue weighted by Crippen LogP contribution is 2.28. The number of rotatable bonds is 7. The van der Waals surface area contributed by atoms with Crippen molar-refractivity contribution in [1.29, 1.82) is 5.26 Å². The summed E-state index contributed by atoms with van der Waals surface area (Å²) in [4.78, 5) is 26.4. The van der Waals surface area contributed by atoms with Gasteiger partial charge in [0.25, 0.3) is 0 Å². The van der Waals surface area contributed by atoms with E-state index in [4.69, 9.17) is 10.4 Å². The molecule has 0 bridgehead atoms. The summed E-state index contributed by atoms with van der Waals surface area (Å²) in [5.74, 6) is -1.01. The molecule has 1 fully saturated rings. The van der Waals surface area contributed by atoms with Crippen LogP contribution in [0.5, 0.6) is 0 Å². The Balaban J connectivity index is 2.76. The summed E-state index contributed by atoms with van der Waals surface area (Å²) in [7, 11) is 0. The zero-order valence-corrected chi connectivity index (χ0v) is 11.5. The van der Waals surface area contributed by atoms with Crippen LogP contribution in [0.2, 0.25) is 0 Å². The van der Waals surface area contributed by atoms with E-state index < -0.39 is 5.97 Å². The Morgan fingerprint density at radius 1 is 1.47 bits per heavy atom. The number of nitrogens with zero attached hydrogens (tertiary/aromatic N) is 3. The lowest BCUT2D eigenvalue weighted by Gasteiger charge is -2.33. The van der Waals surface area contributed by atoms with Gasteiger partial charge in [-0.25, -0.2) is 4.79 Å². The Morgan fingerprint density at radius 3 is 2.53 bits per heavy atom. The second-order valence-corrected chi connectivity index (χ2v) is 4.89. The molecule has 0 spiro atoms. The highest BCUT2D eigenvalue weighted by Gasteiger charge is 2.36. The molecule has 1 aliphatic rings. The van der Waals surface area contributed by atoms with E-state index >= 15 is 0 Å². The fourth-order valence-electron chi connectivity index (χ4n) is 1.93. The molecule has 1 saturated carbocycles. The Bertz CT molecular complexity index is 374. The molecule has 2 amide bonds. The number of hydrogen-bond acceptors (Lipinski definition) is 3. The van der Waals surface area contributed by atoms with Crippen molar-refractivity contribution in [3.8, 4) is 6.07 Å². The van der Waals surface area contributed by atoms with Gasteiger partial charge in [0.05, 0.1) is 12.5 Å². The molecule has 0 aromatic carbocycles. The van der Waals surface area contributed by atoms with Crippen LogP contribution in [-0.2, 0) is 4.79 Å². The van der Waals surface area contributed by atoms with E-state index in [9.17, 15) is 9.59 Å². The number of carboxylic acids is 1. The van der Waals surface area contributed by atoms with Gasteiger partial charge >= 0.3 is 12.0 Å². The Morgan fingerprint density at radius 2 is 2.11 bits per heavy atom. The molecule has 106 valence electrons. The van der Waals surface area contributed by atoms with Crippen LogP contribution in [0, 0.1) is 11.3 Å². The first-order valence-electron chi connectivity index (χ1n) is 6.67. The van der Waals surface area contributed by atoms with E-state index in [0.717, 1.165) is 12.8 Å². The second kappa shape index (κ2) is 6.98. The van der Waals surface area contributed by atoms with Crippen LogP contribution >= 0.6 is 0 Å². The SMILES string of the molecule is CCC(C)N(CC(=O)O)C(=O)N(CCC#N)C1CC1. The van der Waals surface area contributed by atoms with Gasteiger partial charge in [-0.3, -0.25) is 4.79 Å². The maximum absolute atomic E-state index is 12.4. The number of amides is 2. The molecule has 0 radical (unpaired) electrons. The van der Waals surface area contributed by atoms with Crippen molar-refractivity contribution in [2.45, 2.75) is 51.6 Å². The molecule has 0 aliphatic heterocycles. The number of nitriles is 1. The minimum absolute atomic E-state index is 0.119. The van der Waals surface area contributed by atoms with E-state index in [-0.39, 0.29) is 31.1 Å². The van der Waals surface area contributed by atoms with Crippen LogP contribution in [0.3, 0.4) is 0 Å². The van der Waals surface area contributed by atoms with Crippen molar-refractivity contribution in [2.24, 2.45) is 0 Å². The summed E-state index contributed by atoms with van der Waals surface area (Å²) in [6, 6.07) is 1.84. The lowest BCUT2D eigenvalue weighted by Crippen LogP contribution is -2.50. The summed E-state index contributed by atoms with van der Waals surface area (Å²) in [5.41, 5.74) is 0. The van der Waals surface area contributed by atoms with Crippen LogP contribution in [0.25, 0.3) is 0 Å². The Kier molecular flexibility index (Phi) is 5.61. The molecule has 0 aromatic heterocycles. The zero-order chi connectivity index (χ0) is 14.4. The van der Waals surface area contributed by atoms with Crippen molar-refractivity contribution in [1.82, 2.24) is 9.80 Å². The normalized spacial score (nSPS) is 15.4. The molecule has 0 aromatic rings. The molecule has 6 heteroatoms. The predicted molar refractivity (Wildman–Crippen MR) is 69.4 cm³/mol.